The number of hydrogen-bond donors (Lipinski definition) is 2. The van der Waals surface area contributed by atoms with Gasteiger partial charge in [0.1, 0.15) is 0 Å². The molecule has 5 heteroatoms. The second-order valence-corrected chi connectivity index (χ2v) is 5.84. The maximum atomic E-state index is 11.3. The lowest BCUT2D eigenvalue weighted by Gasteiger charge is -2.11. The molecule has 0 saturated carbocycles. The van der Waals surface area contributed by atoms with Crippen molar-refractivity contribution in [3.63, 3.8) is 0 Å². The van der Waals surface area contributed by atoms with Crippen LogP contribution in [-0.4, -0.2) is 44.7 Å². The zero-order valence-electron chi connectivity index (χ0n) is 8.45. The lowest BCUT2D eigenvalue weighted by molar-refractivity contribution is 0.196. The molecule has 80 valence electrons. The summed E-state index contributed by atoms with van der Waals surface area (Å²) in [6.45, 7) is 4.02. The van der Waals surface area contributed by atoms with Crippen LogP contribution in [0.15, 0.2) is 0 Å². The Labute approximate surface area is 80.3 Å². The molecule has 0 spiro atoms. The van der Waals surface area contributed by atoms with Crippen LogP contribution >= 0.6 is 0 Å². The zero-order valence-corrected chi connectivity index (χ0v) is 9.26. The fourth-order valence-electron chi connectivity index (χ4n) is 1.16. The van der Waals surface area contributed by atoms with Crippen molar-refractivity contribution in [1.29, 1.82) is 0 Å². The van der Waals surface area contributed by atoms with Gasteiger partial charge in [0.15, 0.2) is 9.84 Å². The van der Waals surface area contributed by atoms with Crippen molar-refractivity contribution >= 4 is 9.84 Å². The Morgan fingerprint density at radius 3 is 2.23 bits per heavy atom. The van der Waals surface area contributed by atoms with E-state index in [2.05, 4.69) is 5.32 Å². The Hall–Kier alpha value is -0.130. The third-order valence-electron chi connectivity index (χ3n) is 1.47. The number of sulfone groups is 1. The molecular formula is C8H19NO3S. The summed E-state index contributed by atoms with van der Waals surface area (Å²) in [7, 11) is -1.41. The fourth-order valence-corrected chi connectivity index (χ4v) is 3.02. The molecule has 0 aliphatic carbocycles. The second-order valence-electron chi connectivity index (χ2n) is 3.68. The topological polar surface area (TPSA) is 66.4 Å². The predicted molar refractivity (Wildman–Crippen MR) is 53.4 cm³/mol. The summed E-state index contributed by atoms with van der Waals surface area (Å²) in [6, 6.07) is 0. The van der Waals surface area contributed by atoms with Crippen LogP contribution in [-0.2, 0) is 9.84 Å². The molecule has 0 amide bonds. The molecule has 13 heavy (non-hydrogen) atoms. The van der Waals surface area contributed by atoms with Gasteiger partial charge >= 0.3 is 0 Å². The van der Waals surface area contributed by atoms with E-state index in [-0.39, 0.29) is 17.4 Å². The van der Waals surface area contributed by atoms with Gasteiger partial charge in [-0.25, -0.2) is 8.42 Å². The number of nitrogens with one attached hydrogen (secondary N) is 1. The molecule has 0 bridgehead atoms. The first-order chi connectivity index (χ1) is 5.87. The predicted octanol–water partition coefficient (Wildman–Crippen LogP) is -0.362. The molecule has 0 fully saturated rings. The highest BCUT2D eigenvalue weighted by Gasteiger charge is 2.17. The van der Waals surface area contributed by atoms with Crippen LogP contribution in [0.3, 0.4) is 0 Å². The zero-order chi connectivity index (χ0) is 10.5. The Kier molecular flexibility index (Phi) is 5.51. The van der Waals surface area contributed by atoms with E-state index in [0.717, 1.165) is 0 Å². The van der Waals surface area contributed by atoms with Crippen LogP contribution in [0.5, 0.6) is 0 Å². The average Bonchev–Trinajstić information content (AvgIpc) is 1.81. The number of hydrogen-bond acceptors (Lipinski definition) is 4. The summed E-state index contributed by atoms with van der Waals surface area (Å²) in [5.41, 5.74) is 0. The molecule has 1 atom stereocenters. The smallest absolute Gasteiger partial charge is 0.153 e. The quantitative estimate of drug-likeness (QED) is 0.627. The summed E-state index contributed by atoms with van der Waals surface area (Å²) in [4.78, 5) is 0. The van der Waals surface area contributed by atoms with Crippen molar-refractivity contribution in [2.24, 2.45) is 5.92 Å². The largest absolute Gasteiger partial charge is 0.391 e. The van der Waals surface area contributed by atoms with Crippen LogP contribution in [0.25, 0.3) is 0 Å². The lowest BCUT2D eigenvalue weighted by Crippen LogP contribution is -2.32. The van der Waals surface area contributed by atoms with E-state index in [1.165, 1.54) is 0 Å². The van der Waals surface area contributed by atoms with Crippen molar-refractivity contribution in [1.82, 2.24) is 5.32 Å². The summed E-state index contributed by atoms with van der Waals surface area (Å²) in [5.74, 6) is 0.117. The van der Waals surface area contributed by atoms with E-state index in [0.29, 0.717) is 6.54 Å². The first-order valence-electron chi connectivity index (χ1n) is 4.40. The summed E-state index contributed by atoms with van der Waals surface area (Å²) in [5, 5.41) is 12.0. The molecule has 0 aromatic carbocycles. The van der Waals surface area contributed by atoms with Gasteiger partial charge in [-0.3, -0.25) is 0 Å². The Morgan fingerprint density at radius 2 is 1.85 bits per heavy atom. The van der Waals surface area contributed by atoms with Crippen LogP contribution in [0, 0.1) is 5.92 Å². The lowest BCUT2D eigenvalue weighted by atomic mass is 10.3. The fraction of sp³-hybridized carbons (Fsp3) is 1.00. The molecule has 0 aromatic rings. The van der Waals surface area contributed by atoms with Crippen LogP contribution in [0.2, 0.25) is 0 Å². The molecule has 0 saturated heterocycles. The van der Waals surface area contributed by atoms with Gasteiger partial charge in [-0.05, 0) is 13.0 Å². The number of likely N-dealkylation sites (N-methyl/N-ethyl adjacent to an activating group) is 1. The SMILES string of the molecule is CNCC(O)CS(=O)(=O)CC(C)C. The van der Waals surface area contributed by atoms with Gasteiger partial charge in [0, 0.05) is 6.54 Å². The van der Waals surface area contributed by atoms with E-state index in [1.54, 1.807) is 7.05 Å². The van der Waals surface area contributed by atoms with Gasteiger partial charge in [0.05, 0.1) is 17.6 Å². The summed E-state index contributed by atoms with van der Waals surface area (Å²) >= 11 is 0. The van der Waals surface area contributed by atoms with Crippen LogP contribution in [0.1, 0.15) is 13.8 Å². The van der Waals surface area contributed by atoms with Gasteiger partial charge in [-0.1, -0.05) is 13.8 Å². The van der Waals surface area contributed by atoms with E-state index < -0.39 is 15.9 Å². The maximum Gasteiger partial charge on any atom is 0.153 e. The van der Waals surface area contributed by atoms with E-state index >= 15 is 0 Å². The standard InChI is InChI=1S/C8H19NO3S/c1-7(2)5-13(11,12)6-8(10)4-9-3/h7-10H,4-6H2,1-3H3. The number of rotatable bonds is 6. The molecule has 0 radical (unpaired) electrons. The maximum absolute atomic E-state index is 11.3. The van der Waals surface area contributed by atoms with Gasteiger partial charge < -0.3 is 10.4 Å². The van der Waals surface area contributed by atoms with Crippen molar-refractivity contribution in [3.05, 3.63) is 0 Å². The normalized spacial score (nSPS) is 14.8. The number of aliphatic hydroxyl groups excluding tert-OH is 1. The first kappa shape index (κ1) is 12.9. The van der Waals surface area contributed by atoms with Gasteiger partial charge in [-0.15, -0.1) is 0 Å². The Bertz CT molecular complexity index is 224. The van der Waals surface area contributed by atoms with Crippen molar-refractivity contribution in [3.8, 4) is 0 Å². The summed E-state index contributed by atoms with van der Waals surface area (Å²) in [6.07, 6.45) is -0.797. The van der Waals surface area contributed by atoms with E-state index in [1.807, 2.05) is 13.8 Å². The molecular weight excluding hydrogens is 190 g/mol. The van der Waals surface area contributed by atoms with Crippen LogP contribution in [0.4, 0.5) is 0 Å². The van der Waals surface area contributed by atoms with E-state index in [4.69, 9.17) is 0 Å². The van der Waals surface area contributed by atoms with Crippen molar-refractivity contribution < 1.29 is 13.5 Å². The van der Waals surface area contributed by atoms with Gasteiger partial charge in [0.2, 0.25) is 0 Å². The third-order valence-corrected chi connectivity index (χ3v) is 3.54. The highest BCUT2D eigenvalue weighted by molar-refractivity contribution is 7.91. The first-order valence-corrected chi connectivity index (χ1v) is 6.22. The monoisotopic (exact) mass is 209 g/mol. The minimum absolute atomic E-state index is 0.117. The molecule has 1 unspecified atom stereocenters. The molecule has 0 heterocycles. The number of aliphatic hydroxyl groups is 1. The third kappa shape index (κ3) is 6.98. The minimum Gasteiger partial charge on any atom is -0.391 e. The average molecular weight is 209 g/mol. The highest BCUT2D eigenvalue weighted by atomic mass is 32.2. The highest BCUT2D eigenvalue weighted by Crippen LogP contribution is 2.02. The molecule has 0 aromatic heterocycles. The molecule has 0 aliphatic heterocycles. The molecule has 0 rings (SSSR count). The summed E-state index contributed by atoms with van der Waals surface area (Å²) < 4.78 is 22.7. The van der Waals surface area contributed by atoms with Gasteiger partial charge in [0.25, 0.3) is 0 Å². The molecule has 0 aliphatic rings. The second kappa shape index (κ2) is 5.57. The van der Waals surface area contributed by atoms with Crippen molar-refractivity contribution in [2.45, 2.75) is 20.0 Å². The molecule has 2 N–H and O–H groups in total. The van der Waals surface area contributed by atoms with Crippen molar-refractivity contribution in [2.75, 3.05) is 25.1 Å². The Morgan fingerprint density at radius 1 is 1.31 bits per heavy atom. The van der Waals surface area contributed by atoms with E-state index in [9.17, 15) is 13.5 Å². The Balaban J connectivity index is 4.02. The minimum atomic E-state index is -3.09. The van der Waals surface area contributed by atoms with Crippen LogP contribution < -0.4 is 5.32 Å². The molecule has 4 nitrogen and oxygen atoms in total. The van der Waals surface area contributed by atoms with Gasteiger partial charge in [-0.2, -0.15) is 0 Å².